The second kappa shape index (κ2) is 31.2. The third-order valence-electron chi connectivity index (χ3n) is 12.6. The molecule has 0 aromatic rings. The first-order valence-corrected chi connectivity index (χ1v) is 20.7. The topological polar surface area (TPSA) is 49.3 Å². The maximum absolute atomic E-state index is 10.2. The lowest BCUT2D eigenvalue weighted by Crippen LogP contribution is -2.95. The second-order valence-electron chi connectivity index (χ2n) is 17.2. The van der Waals surface area contributed by atoms with Crippen molar-refractivity contribution in [3.63, 3.8) is 0 Å². The van der Waals surface area contributed by atoms with E-state index in [9.17, 15) is 4.79 Å². The minimum atomic E-state index is -1.40. The molecule has 1 heterocycles. The Morgan fingerprint density at radius 3 is 0.726 bits per heavy atom. The third-order valence-corrected chi connectivity index (χ3v) is 12.6. The second-order valence-corrected chi connectivity index (χ2v) is 17.2. The molecule has 0 atom stereocenters. The van der Waals surface area contributed by atoms with E-state index in [1.807, 2.05) is 0 Å². The molecule has 0 aromatic heterocycles. The van der Waals surface area contributed by atoms with Crippen molar-refractivity contribution in [3.05, 3.63) is 0 Å². The lowest BCUT2D eigenvalue weighted by atomic mass is 8.24. The van der Waals surface area contributed by atoms with Crippen molar-refractivity contribution < 1.29 is 9.90 Å². The van der Waals surface area contributed by atoms with Crippen LogP contribution in [0.1, 0.15) is 19.3 Å². The van der Waals surface area contributed by atoms with E-state index in [1.54, 1.807) is 0 Å². The highest BCUT2D eigenvalue weighted by molar-refractivity contribution is 8.36. The highest BCUT2D eigenvalue weighted by Crippen LogP contribution is 2.22. The van der Waals surface area contributed by atoms with Gasteiger partial charge in [0, 0.05) is 375 Å². The Morgan fingerprint density at radius 1 is 0.339 bits per heavy atom. The maximum Gasteiger partial charge on any atom is 0.303 e. The molecule has 1 aliphatic rings. The molecule has 1 aliphatic heterocycles. The molecule has 0 spiro atoms. The van der Waals surface area contributed by atoms with E-state index >= 15 is 0 Å². The van der Waals surface area contributed by atoms with Crippen LogP contribution in [0.15, 0.2) is 0 Å². The maximum atomic E-state index is 10.2. The fourth-order valence-electron chi connectivity index (χ4n) is 10.1. The van der Waals surface area contributed by atoms with Crippen LogP contribution in [0.25, 0.3) is 0 Å². The number of carbonyl (C=O) groups is 1. The van der Waals surface area contributed by atoms with E-state index in [1.165, 1.54) is 0 Å². The summed E-state index contributed by atoms with van der Waals surface area (Å²) in [5, 5.41) is 11.6. The molecule has 62 heavy (non-hydrogen) atoms. The van der Waals surface area contributed by atoms with Gasteiger partial charge < -0.3 is 10.4 Å². The molecule has 55 heteroatoms. The van der Waals surface area contributed by atoms with Gasteiger partial charge in [-0.05, 0) is 31.8 Å². The first-order chi connectivity index (χ1) is 28.4. The highest BCUT2D eigenvalue weighted by atomic mass is 16.4. The van der Waals surface area contributed by atoms with Gasteiger partial charge in [0.1, 0.15) is 0 Å². The molecule has 2 N–H and O–H groups in total. The average Bonchev–Trinajstić information content (AvgIpc) is 3.08. The Hall–Kier alpha value is 2.81. The molecular formula is C7H13B52NO2. The van der Waals surface area contributed by atoms with Crippen LogP contribution in [0.4, 0.5) is 0 Å². The molecule has 0 aliphatic carbocycles. The summed E-state index contributed by atoms with van der Waals surface area (Å²) >= 11 is 0. The normalized spacial score (nSPS) is 11.5. The van der Waals surface area contributed by atoms with Crippen LogP contribution in [0.2, 0.25) is 0 Å². The van der Waals surface area contributed by atoms with Crippen molar-refractivity contribution >= 4 is 374 Å². The Morgan fingerprint density at radius 2 is 0.532 bits per heavy atom. The highest BCUT2D eigenvalue weighted by Gasteiger charge is 2.60. The minimum absolute atomic E-state index is 0.349. The molecule has 1 fully saturated rings. The van der Waals surface area contributed by atoms with Crippen LogP contribution in [-0.2, 0) is 4.79 Å². The van der Waals surface area contributed by atoms with Crippen molar-refractivity contribution in [2.75, 3.05) is 13.1 Å². The van der Waals surface area contributed by atoms with E-state index in [0.29, 0.717) is 12.3 Å². The standard InChI is InChI=1S/C7H13NO2.B52/c9-7(10)5-6-1-3-8-4-2-6;1-28(2)41(27)48(42(29(3)4)30(5)6)51(47(39(23)24)40(25)26)52(49(43(31(7)8)32(9)10)44(33(11)12)34(13)14)50(45(35(15)16)36(17)18)46(37(19)20)38(21)22/h6,8H,1-5H2,(H,9,10);. The monoisotopic (exact) mass is 716 g/mol. The third kappa shape index (κ3) is 19.5. The van der Waals surface area contributed by atoms with Crippen LogP contribution >= 0.6 is 0 Å². The molecule has 0 saturated carbocycles. The van der Waals surface area contributed by atoms with Gasteiger partial charge in [0.2, 0.25) is 0 Å². The molecule has 0 aromatic carbocycles. The zero-order chi connectivity index (χ0) is 48.8. The quantitative estimate of drug-likeness (QED) is 0.0881. The Bertz CT molecular complexity index is 1050. The predicted molar refractivity (Wildman–Crippen MR) is 337 cm³/mol. The molecule has 1 rings (SSSR count). The van der Waals surface area contributed by atoms with Gasteiger partial charge in [-0.3, -0.25) is 4.79 Å². The fraction of sp³-hybridized carbons (Fsp3) is 0.857. The van der Waals surface area contributed by atoms with Crippen molar-refractivity contribution in [3.8, 4) is 0 Å². The van der Waals surface area contributed by atoms with Crippen molar-refractivity contribution in [1.82, 2.24) is 5.32 Å². The molecule has 1 saturated heterocycles. The molecular weight excluding hydrogens is 692 g/mol. The first-order valence-electron chi connectivity index (χ1n) is 20.7. The summed E-state index contributed by atoms with van der Waals surface area (Å²) in [4.78, 5) is 10.2. The van der Waals surface area contributed by atoms with E-state index in [0.717, 1.165) is 25.9 Å². The van der Waals surface area contributed by atoms with Gasteiger partial charge >= 0.3 is 5.97 Å². The Labute approximate surface area is 424 Å². The smallest absolute Gasteiger partial charge is 0.303 e. The number of hydrogen-bond acceptors (Lipinski definition) is 2. The van der Waals surface area contributed by atoms with Gasteiger partial charge in [0.25, 0.3) is 0 Å². The van der Waals surface area contributed by atoms with E-state index < -0.39 is 166 Å². The summed E-state index contributed by atoms with van der Waals surface area (Å²) in [6.07, 6.45) is -30.6. The number of carboxylic acid groups (broad SMARTS) is 1. The summed E-state index contributed by atoms with van der Waals surface area (Å²) in [6.45, 7) is 1.97. The predicted octanol–water partition coefficient (Wildman–Crippen LogP) is -19.3. The van der Waals surface area contributed by atoms with Gasteiger partial charge in [-0.2, -0.15) is 0 Å². The lowest BCUT2D eigenvalue weighted by molar-refractivity contribution is -0.138. The SMILES string of the molecule is O=C(O)CC1CCNCC1.[B]B([B])B([B])B(B(B([B])[B])B([B])[B])B(B(B([B])[B])B([B])[B])B(B(B(B([B])[B])B([B])[B])B(B([B])[B])B([B])[B])B(B(B([B])[B])B([B])[B])B(B([B])[B])B([B])[B]. The van der Waals surface area contributed by atoms with Gasteiger partial charge in [-0.25, -0.2) is 0 Å². The number of piperidine rings is 1. The Kier molecular flexibility index (Phi) is 32.6. The van der Waals surface area contributed by atoms with Crippen LogP contribution in [0.3, 0.4) is 0 Å². The zero-order valence-electron chi connectivity index (χ0n) is 36.0. The number of carboxylic acids is 1. The molecule has 0 bridgehead atoms. The molecule has 0 unspecified atom stereocenters. The largest absolute Gasteiger partial charge is 0.481 e. The summed E-state index contributed by atoms with van der Waals surface area (Å²) < 4.78 is 0. The van der Waals surface area contributed by atoms with E-state index in [2.05, 4.69) is 5.32 Å². The summed E-state index contributed by atoms with van der Waals surface area (Å²) in [6, 6.07) is 0. The first kappa shape index (κ1) is 64.8. The average molecular weight is 705 g/mol. The minimum Gasteiger partial charge on any atom is -0.481 e. The van der Waals surface area contributed by atoms with Crippen LogP contribution in [0.5, 0.6) is 0 Å². The van der Waals surface area contributed by atoms with Crippen molar-refractivity contribution in [1.29, 1.82) is 0 Å². The van der Waals surface area contributed by atoms with Crippen molar-refractivity contribution in [2.45, 2.75) is 19.3 Å². The number of aliphatic carboxylic acids is 1. The zero-order valence-corrected chi connectivity index (χ0v) is 36.0. The Balaban J connectivity index is 0.00000323. The summed E-state index contributed by atoms with van der Waals surface area (Å²) in [5.41, 5.74) is 0. The summed E-state index contributed by atoms with van der Waals surface area (Å²) in [7, 11) is 174. The van der Waals surface area contributed by atoms with Gasteiger partial charge in [-0.1, -0.05) is 0 Å². The van der Waals surface area contributed by atoms with Crippen LogP contribution in [-0.4, -0.2) is 393 Å². The lowest BCUT2D eigenvalue weighted by Gasteiger charge is -2.57. The number of nitrogens with one attached hydrogen (secondary N) is 1. The van der Waals surface area contributed by atoms with E-state index in [-0.39, 0.29) is 0 Å². The van der Waals surface area contributed by atoms with Gasteiger partial charge in [-0.15, -0.1) is 0 Å². The molecule has 3 nitrogen and oxygen atoms in total. The molecule has 0 amide bonds. The van der Waals surface area contributed by atoms with E-state index in [4.69, 9.17) is 214 Å². The number of hydrogen-bond donors (Lipinski definition) is 2. The molecule has 54 radical (unpaired) electrons. The van der Waals surface area contributed by atoms with Crippen LogP contribution in [0, 0.1) is 5.92 Å². The van der Waals surface area contributed by atoms with Crippen LogP contribution < -0.4 is 5.32 Å². The molecule has 214 valence electrons. The number of rotatable bonds is 26. The van der Waals surface area contributed by atoms with Gasteiger partial charge in [0.05, 0.1) is 0 Å². The van der Waals surface area contributed by atoms with Gasteiger partial charge in [0.15, 0.2) is 0 Å². The fourth-order valence-corrected chi connectivity index (χ4v) is 10.1. The van der Waals surface area contributed by atoms with Crippen molar-refractivity contribution in [2.24, 2.45) is 5.92 Å². The summed E-state index contributed by atoms with van der Waals surface area (Å²) in [5.74, 6) is -0.245.